The second-order valence-electron chi connectivity index (χ2n) is 5.22. The molecule has 0 radical (unpaired) electrons. The van der Waals surface area contributed by atoms with Crippen LogP contribution >= 0.6 is 0 Å². The lowest BCUT2D eigenvalue weighted by atomic mass is 10.0. The van der Waals surface area contributed by atoms with Crippen molar-refractivity contribution in [2.75, 3.05) is 13.1 Å². The fourth-order valence-corrected chi connectivity index (χ4v) is 3.12. The minimum absolute atomic E-state index is 0.0504. The predicted octanol–water partition coefficient (Wildman–Crippen LogP) is 2.56. The first-order chi connectivity index (χ1) is 7.38. The van der Waals surface area contributed by atoms with Gasteiger partial charge in [0.1, 0.15) is 0 Å². The molecule has 1 aliphatic carbocycles. The zero-order chi connectivity index (χ0) is 10.5. The van der Waals surface area contributed by atoms with Crippen molar-refractivity contribution in [1.82, 2.24) is 4.90 Å². The molecule has 2 fully saturated rings. The highest BCUT2D eigenvalue weighted by atomic mass is 16.3. The van der Waals surface area contributed by atoms with Crippen molar-refractivity contribution in [3.8, 4) is 0 Å². The van der Waals surface area contributed by atoms with E-state index in [-0.39, 0.29) is 6.10 Å². The predicted molar refractivity (Wildman–Crippen MR) is 62.9 cm³/mol. The summed E-state index contributed by atoms with van der Waals surface area (Å²) in [7, 11) is 0. The van der Waals surface area contributed by atoms with Crippen LogP contribution in [0.25, 0.3) is 0 Å². The Labute approximate surface area is 93.7 Å². The molecule has 1 saturated heterocycles. The number of aliphatic hydroxyl groups excluding tert-OH is 1. The smallest absolute Gasteiger partial charge is 0.0695 e. The summed E-state index contributed by atoms with van der Waals surface area (Å²) in [4.78, 5) is 2.57. The van der Waals surface area contributed by atoms with E-state index in [1.807, 2.05) is 0 Å². The highest BCUT2D eigenvalue weighted by molar-refractivity contribution is 4.82. The molecule has 0 aromatic rings. The summed E-state index contributed by atoms with van der Waals surface area (Å²) in [6, 6.07) is 0.477. The Morgan fingerprint density at radius 2 is 1.33 bits per heavy atom. The third-order valence-electron chi connectivity index (χ3n) is 4.05. The third kappa shape index (κ3) is 3.18. The lowest BCUT2D eigenvalue weighted by Gasteiger charge is -2.33. The maximum absolute atomic E-state index is 10.2. The molecule has 2 aliphatic rings. The number of rotatable bonds is 1. The van der Waals surface area contributed by atoms with E-state index >= 15 is 0 Å². The molecule has 1 heterocycles. The van der Waals surface area contributed by atoms with Crippen LogP contribution in [-0.2, 0) is 0 Å². The van der Waals surface area contributed by atoms with Crippen molar-refractivity contribution < 1.29 is 5.11 Å². The summed E-state index contributed by atoms with van der Waals surface area (Å²) >= 11 is 0. The Kier molecular flexibility index (Phi) is 4.45. The number of likely N-dealkylation sites (tertiary alicyclic amines) is 1. The molecule has 0 aromatic carbocycles. The molecule has 2 unspecified atom stereocenters. The van der Waals surface area contributed by atoms with E-state index in [1.165, 1.54) is 64.5 Å². The van der Waals surface area contributed by atoms with Gasteiger partial charge in [-0.15, -0.1) is 0 Å². The first-order valence-corrected chi connectivity index (χ1v) is 6.80. The Morgan fingerprint density at radius 3 is 2.07 bits per heavy atom. The van der Waals surface area contributed by atoms with E-state index in [1.54, 1.807) is 0 Å². The van der Waals surface area contributed by atoms with Gasteiger partial charge in [-0.2, -0.15) is 0 Å². The molecule has 2 nitrogen and oxygen atoms in total. The Bertz CT molecular complexity index is 175. The molecular weight excluding hydrogens is 186 g/mol. The summed E-state index contributed by atoms with van der Waals surface area (Å²) in [5.74, 6) is 0. The number of hydrogen-bond acceptors (Lipinski definition) is 2. The molecule has 2 atom stereocenters. The van der Waals surface area contributed by atoms with Gasteiger partial charge in [0.05, 0.1) is 6.10 Å². The van der Waals surface area contributed by atoms with Crippen LogP contribution in [0, 0.1) is 0 Å². The van der Waals surface area contributed by atoms with Crippen LogP contribution in [0.1, 0.15) is 57.8 Å². The maximum Gasteiger partial charge on any atom is 0.0695 e. The summed E-state index contributed by atoms with van der Waals surface area (Å²) in [6.07, 6.45) is 11.5. The van der Waals surface area contributed by atoms with Crippen molar-refractivity contribution in [2.24, 2.45) is 0 Å². The van der Waals surface area contributed by atoms with Crippen molar-refractivity contribution in [3.05, 3.63) is 0 Å². The van der Waals surface area contributed by atoms with Crippen LogP contribution in [0.5, 0.6) is 0 Å². The number of hydrogen-bond donors (Lipinski definition) is 1. The highest BCUT2D eigenvalue weighted by Gasteiger charge is 2.27. The Hall–Kier alpha value is -0.0800. The lowest BCUT2D eigenvalue weighted by molar-refractivity contribution is 0.0458. The summed E-state index contributed by atoms with van der Waals surface area (Å²) in [5, 5.41) is 10.2. The molecule has 0 aromatic heterocycles. The van der Waals surface area contributed by atoms with E-state index < -0.39 is 0 Å². The quantitative estimate of drug-likeness (QED) is 0.674. The zero-order valence-electron chi connectivity index (χ0n) is 9.83. The second kappa shape index (κ2) is 5.86. The average molecular weight is 211 g/mol. The lowest BCUT2D eigenvalue weighted by Crippen LogP contribution is -2.43. The van der Waals surface area contributed by atoms with Gasteiger partial charge in [-0.1, -0.05) is 32.1 Å². The molecular formula is C13H25NO. The van der Waals surface area contributed by atoms with E-state index in [2.05, 4.69) is 4.90 Å². The van der Waals surface area contributed by atoms with Crippen LogP contribution in [0.2, 0.25) is 0 Å². The normalized spacial score (nSPS) is 35.8. The van der Waals surface area contributed by atoms with Gasteiger partial charge in [-0.25, -0.2) is 0 Å². The fourth-order valence-electron chi connectivity index (χ4n) is 3.12. The van der Waals surface area contributed by atoms with Gasteiger partial charge in [0.15, 0.2) is 0 Å². The summed E-state index contributed by atoms with van der Waals surface area (Å²) in [6.45, 7) is 2.45. The zero-order valence-corrected chi connectivity index (χ0v) is 9.83. The van der Waals surface area contributed by atoms with Crippen LogP contribution < -0.4 is 0 Å². The van der Waals surface area contributed by atoms with Gasteiger partial charge in [0.2, 0.25) is 0 Å². The van der Waals surface area contributed by atoms with Crippen molar-refractivity contribution in [2.45, 2.75) is 69.9 Å². The topological polar surface area (TPSA) is 23.5 Å². The standard InChI is InChI=1S/C13H25NO/c15-13-9-5-3-4-8-12(13)14-10-6-1-2-7-11-14/h12-13,15H,1-11H2. The first kappa shape index (κ1) is 11.4. The summed E-state index contributed by atoms with van der Waals surface area (Å²) in [5.41, 5.74) is 0. The molecule has 0 bridgehead atoms. The van der Waals surface area contributed by atoms with Crippen LogP contribution in [0.15, 0.2) is 0 Å². The van der Waals surface area contributed by atoms with Gasteiger partial charge in [-0.05, 0) is 38.8 Å². The molecule has 1 N–H and O–H groups in total. The largest absolute Gasteiger partial charge is 0.391 e. The van der Waals surface area contributed by atoms with Gasteiger partial charge in [0.25, 0.3) is 0 Å². The maximum atomic E-state index is 10.2. The number of nitrogens with zero attached hydrogens (tertiary/aromatic N) is 1. The first-order valence-electron chi connectivity index (χ1n) is 6.80. The minimum Gasteiger partial charge on any atom is -0.391 e. The molecule has 1 aliphatic heterocycles. The molecule has 88 valence electrons. The second-order valence-corrected chi connectivity index (χ2v) is 5.22. The van der Waals surface area contributed by atoms with Crippen molar-refractivity contribution in [3.63, 3.8) is 0 Å². The summed E-state index contributed by atoms with van der Waals surface area (Å²) < 4.78 is 0. The minimum atomic E-state index is -0.0504. The van der Waals surface area contributed by atoms with Crippen molar-refractivity contribution >= 4 is 0 Å². The van der Waals surface area contributed by atoms with E-state index in [0.717, 1.165) is 6.42 Å². The molecule has 2 heteroatoms. The Balaban J connectivity index is 1.92. The van der Waals surface area contributed by atoms with Crippen LogP contribution in [-0.4, -0.2) is 35.2 Å². The molecule has 2 rings (SSSR count). The monoisotopic (exact) mass is 211 g/mol. The van der Waals surface area contributed by atoms with E-state index in [0.29, 0.717) is 6.04 Å². The van der Waals surface area contributed by atoms with Crippen LogP contribution in [0.3, 0.4) is 0 Å². The SMILES string of the molecule is OC1CCCCCC1N1CCCCCC1. The molecule has 1 saturated carbocycles. The average Bonchev–Trinajstić information content (AvgIpc) is 2.59. The van der Waals surface area contributed by atoms with Gasteiger partial charge in [-0.3, -0.25) is 4.90 Å². The third-order valence-corrected chi connectivity index (χ3v) is 4.05. The van der Waals surface area contributed by atoms with Crippen LogP contribution in [0.4, 0.5) is 0 Å². The highest BCUT2D eigenvalue weighted by Crippen LogP contribution is 2.24. The van der Waals surface area contributed by atoms with Crippen molar-refractivity contribution in [1.29, 1.82) is 0 Å². The van der Waals surface area contributed by atoms with Gasteiger partial charge >= 0.3 is 0 Å². The van der Waals surface area contributed by atoms with E-state index in [9.17, 15) is 5.11 Å². The van der Waals surface area contributed by atoms with Gasteiger partial charge < -0.3 is 5.11 Å². The molecule has 15 heavy (non-hydrogen) atoms. The fraction of sp³-hybridized carbons (Fsp3) is 1.00. The Morgan fingerprint density at radius 1 is 0.733 bits per heavy atom. The molecule has 0 spiro atoms. The van der Waals surface area contributed by atoms with Gasteiger partial charge in [0, 0.05) is 6.04 Å². The molecule has 0 amide bonds. The number of aliphatic hydroxyl groups is 1. The van der Waals surface area contributed by atoms with E-state index in [4.69, 9.17) is 0 Å².